The molecule has 2 aromatic carbocycles. The van der Waals surface area contributed by atoms with Gasteiger partial charge >= 0.3 is 0 Å². The molecule has 0 unspecified atom stereocenters. The van der Waals surface area contributed by atoms with E-state index in [0.29, 0.717) is 11.6 Å². The summed E-state index contributed by atoms with van der Waals surface area (Å²) >= 11 is 0. The lowest BCUT2D eigenvalue weighted by Gasteiger charge is -2.12. The summed E-state index contributed by atoms with van der Waals surface area (Å²) in [5.74, 6) is -0.404. The number of aryl methyl sites for hydroxylation is 1. The van der Waals surface area contributed by atoms with Crippen LogP contribution in [0.15, 0.2) is 60.8 Å². The summed E-state index contributed by atoms with van der Waals surface area (Å²) in [6.45, 7) is 2.74. The topological polar surface area (TPSA) is 68.0 Å². The van der Waals surface area contributed by atoms with Crippen molar-refractivity contribution in [2.24, 2.45) is 5.73 Å². The number of carbonyl (C=O) groups is 1. The van der Waals surface area contributed by atoms with Crippen molar-refractivity contribution < 1.29 is 4.79 Å². The molecule has 0 saturated carbocycles. The Morgan fingerprint density at radius 3 is 2.44 bits per heavy atom. The molecule has 0 fully saturated rings. The second-order valence-electron chi connectivity index (χ2n) is 7.19. The van der Waals surface area contributed by atoms with E-state index in [0.717, 1.165) is 41.8 Å². The lowest BCUT2D eigenvalue weighted by atomic mass is 9.99. The van der Waals surface area contributed by atoms with E-state index in [1.807, 2.05) is 25.3 Å². The van der Waals surface area contributed by atoms with E-state index >= 15 is 0 Å². The fraction of sp³-hybridized carbons (Fsp3) is 0.217. The van der Waals surface area contributed by atoms with Crippen molar-refractivity contribution in [2.45, 2.75) is 32.4 Å². The van der Waals surface area contributed by atoms with Crippen molar-refractivity contribution >= 4 is 5.91 Å². The summed E-state index contributed by atoms with van der Waals surface area (Å²) in [6.07, 6.45) is 4.06. The number of carbonyl (C=O) groups excluding carboxylic acids is 1. The summed E-state index contributed by atoms with van der Waals surface area (Å²) in [5, 5.41) is 3.62. The first-order valence-corrected chi connectivity index (χ1v) is 9.26. The molecule has 3 N–H and O–H groups in total. The van der Waals surface area contributed by atoms with E-state index in [9.17, 15) is 4.79 Å². The van der Waals surface area contributed by atoms with Crippen LogP contribution in [-0.2, 0) is 19.4 Å². The number of primary amides is 1. The Balaban J connectivity index is 1.40. The minimum absolute atomic E-state index is 0.404. The monoisotopic (exact) mass is 357 g/mol. The molecule has 1 amide bonds. The number of benzene rings is 2. The third-order valence-corrected chi connectivity index (χ3v) is 5.27. The number of amides is 1. The largest absolute Gasteiger partial charge is 0.366 e. The van der Waals surface area contributed by atoms with Crippen LogP contribution in [-0.4, -0.2) is 16.9 Å². The number of nitrogens with two attached hydrogens (primary N) is 1. The van der Waals surface area contributed by atoms with Gasteiger partial charge in [0.25, 0.3) is 0 Å². The van der Waals surface area contributed by atoms with E-state index in [1.165, 1.54) is 11.1 Å². The summed E-state index contributed by atoms with van der Waals surface area (Å²) in [6, 6.07) is 18.8. The second kappa shape index (κ2) is 7.33. The number of aromatic nitrogens is 1. The van der Waals surface area contributed by atoms with Crippen LogP contribution in [0.3, 0.4) is 0 Å². The number of hydrogen-bond acceptors (Lipinski definition) is 3. The molecule has 27 heavy (non-hydrogen) atoms. The van der Waals surface area contributed by atoms with Gasteiger partial charge in [-0.2, -0.15) is 0 Å². The highest BCUT2D eigenvalue weighted by Gasteiger charge is 2.20. The maximum atomic E-state index is 11.3. The smallest absolute Gasteiger partial charge is 0.248 e. The van der Waals surface area contributed by atoms with E-state index in [1.54, 1.807) is 6.07 Å². The SMILES string of the molecule is Cc1cc(C(N)=O)ccc1-c1ccc(CNC2Cc3ccccc3C2)nc1. The highest BCUT2D eigenvalue weighted by molar-refractivity contribution is 5.93. The zero-order valence-electron chi connectivity index (χ0n) is 15.4. The predicted molar refractivity (Wildman–Crippen MR) is 107 cm³/mol. The third kappa shape index (κ3) is 3.76. The van der Waals surface area contributed by atoms with Gasteiger partial charge in [0.05, 0.1) is 5.69 Å². The highest BCUT2D eigenvalue weighted by atomic mass is 16.1. The van der Waals surface area contributed by atoms with Gasteiger partial charge in [-0.3, -0.25) is 9.78 Å². The van der Waals surface area contributed by atoms with Gasteiger partial charge in [0.1, 0.15) is 0 Å². The van der Waals surface area contributed by atoms with Crippen molar-refractivity contribution in [2.75, 3.05) is 0 Å². The first-order valence-electron chi connectivity index (χ1n) is 9.26. The maximum Gasteiger partial charge on any atom is 0.248 e. The zero-order valence-corrected chi connectivity index (χ0v) is 15.4. The van der Waals surface area contributed by atoms with E-state index in [-0.39, 0.29) is 0 Å². The molecule has 0 radical (unpaired) electrons. The molecule has 4 nitrogen and oxygen atoms in total. The molecule has 0 saturated heterocycles. The third-order valence-electron chi connectivity index (χ3n) is 5.27. The van der Waals surface area contributed by atoms with Gasteiger partial charge in [0, 0.05) is 29.9 Å². The van der Waals surface area contributed by atoms with Gasteiger partial charge in [-0.1, -0.05) is 36.4 Å². The standard InChI is InChI=1S/C23H23N3O/c1-15-10-18(23(24)27)7-9-22(15)19-6-8-20(25-13-19)14-26-21-11-16-4-2-3-5-17(16)12-21/h2-10,13,21,26H,11-12,14H2,1H3,(H2,24,27). The molecule has 3 aromatic rings. The quantitative estimate of drug-likeness (QED) is 0.735. The van der Waals surface area contributed by atoms with Crippen molar-refractivity contribution in [1.29, 1.82) is 0 Å². The number of rotatable bonds is 5. The zero-order chi connectivity index (χ0) is 18.8. The molecule has 1 aromatic heterocycles. The Morgan fingerprint density at radius 2 is 1.85 bits per heavy atom. The summed E-state index contributed by atoms with van der Waals surface area (Å²) < 4.78 is 0. The minimum atomic E-state index is -0.404. The molecule has 0 aliphatic heterocycles. The first kappa shape index (κ1) is 17.4. The molecular formula is C23H23N3O. The molecule has 0 spiro atoms. The fourth-order valence-electron chi connectivity index (χ4n) is 3.78. The average molecular weight is 357 g/mol. The molecule has 1 aliphatic carbocycles. The normalized spacial score (nSPS) is 13.5. The molecular weight excluding hydrogens is 334 g/mol. The molecule has 1 heterocycles. The van der Waals surface area contributed by atoms with Crippen LogP contribution in [0.4, 0.5) is 0 Å². The predicted octanol–water partition coefficient (Wildman–Crippen LogP) is 3.41. The molecule has 1 aliphatic rings. The lowest BCUT2D eigenvalue weighted by Crippen LogP contribution is -2.29. The lowest BCUT2D eigenvalue weighted by molar-refractivity contribution is 0.1000. The van der Waals surface area contributed by atoms with Crippen molar-refractivity contribution in [3.8, 4) is 11.1 Å². The molecule has 0 atom stereocenters. The van der Waals surface area contributed by atoms with E-state index in [2.05, 4.69) is 46.7 Å². The fourth-order valence-corrected chi connectivity index (χ4v) is 3.78. The maximum absolute atomic E-state index is 11.3. The Kier molecular flexibility index (Phi) is 4.73. The van der Waals surface area contributed by atoms with Gasteiger partial charge in [0.2, 0.25) is 5.91 Å². The van der Waals surface area contributed by atoms with Crippen molar-refractivity contribution in [3.05, 3.63) is 88.7 Å². The van der Waals surface area contributed by atoms with Gasteiger partial charge < -0.3 is 11.1 Å². The Bertz CT molecular complexity index is 954. The van der Waals surface area contributed by atoms with Crippen molar-refractivity contribution in [3.63, 3.8) is 0 Å². The molecule has 4 rings (SSSR count). The van der Waals surface area contributed by atoms with Crippen LogP contribution in [0.5, 0.6) is 0 Å². The number of pyridine rings is 1. The first-order chi connectivity index (χ1) is 13.1. The van der Waals surface area contributed by atoms with Crippen LogP contribution >= 0.6 is 0 Å². The summed E-state index contributed by atoms with van der Waals surface area (Å²) in [4.78, 5) is 15.9. The van der Waals surface area contributed by atoms with E-state index < -0.39 is 5.91 Å². The molecule has 4 heteroatoms. The van der Waals surface area contributed by atoms with Gasteiger partial charge in [-0.15, -0.1) is 0 Å². The minimum Gasteiger partial charge on any atom is -0.366 e. The number of fused-ring (bicyclic) bond motifs is 1. The van der Waals surface area contributed by atoms with Gasteiger partial charge in [0.15, 0.2) is 0 Å². The van der Waals surface area contributed by atoms with Crippen LogP contribution < -0.4 is 11.1 Å². The summed E-state index contributed by atoms with van der Waals surface area (Å²) in [5.41, 5.74) is 12.9. The Morgan fingerprint density at radius 1 is 1.11 bits per heavy atom. The van der Waals surface area contributed by atoms with Crippen molar-refractivity contribution in [1.82, 2.24) is 10.3 Å². The van der Waals surface area contributed by atoms with Crippen LogP contribution in [0.25, 0.3) is 11.1 Å². The molecule has 0 bridgehead atoms. The van der Waals surface area contributed by atoms with Crippen LogP contribution in [0.1, 0.15) is 32.7 Å². The number of nitrogens with zero attached hydrogens (tertiary/aromatic N) is 1. The van der Waals surface area contributed by atoms with Crippen LogP contribution in [0.2, 0.25) is 0 Å². The number of hydrogen-bond donors (Lipinski definition) is 2. The second-order valence-corrected chi connectivity index (χ2v) is 7.19. The average Bonchev–Trinajstić information content (AvgIpc) is 3.10. The summed E-state index contributed by atoms with van der Waals surface area (Å²) in [7, 11) is 0. The van der Waals surface area contributed by atoms with Gasteiger partial charge in [-0.05, 0) is 60.2 Å². The van der Waals surface area contributed by atoms with E-state index in [4.69, 9.17) is 5.73 Å². The van der Waals surface area contributed by atoms with Crippen LogP contribution in [0, 0.1) is 6.92 Å². The van der Waals surface area contributed by atoms with Gasteiger partial charge in [-0.25, -0.2) is 0 Å². The Hall–Kier alpha value is -2.98. The number of nitrogens with one attached hydrogen (secondary N) is 1. The Labute approximate surface area is 159 Å². The highest BCUT2D eigenvalue weighted by Crippen LogP contribution is 2.24. The molecule has 136 valence electrons.